The van der Waals surface area contributed by atoms with E-state index < -0.39 is 10.0 Å². The summed E-state index contributed by atoms with van der Waals surface area (Å²) in [4.78, 5) is 12.8. The third kappa shape index (κ3) is 5.61. The van der Waals surface area contributed by atoms with Crippen LogP contribution in [0.4, 0.5) is 11.4 Å². The minimum Gasteiger partial charge on any atom is -0.491 e. The Morgan fingerprint density at radius 1 is 0.900 bits per heavy atom. The topological polar surface area (TPSA) is 84.5 Å². The molecular formula is C23H24N2O4S. The zero-order valence-electron chi connectivity index (χ0n) is 16.8. The van der Waals surface area contributed by atoms with Crippen molar-refractivity contribution in [2.75, 3.05) is 16.6 Å². The summed E-state index contributed by atoms with van der Waals surface area (Å²) < 4.78 is 33.1. The molecule has 0 saturated carbocycles. The summed E-state index contributed by atoms with van der Waals surface area (Å²) in [5, 5.41) is 2.84. The van der Waals surface area contributed by atoms with Gasteiger partial charge in [-0.25, -0.2) is 8.42 Å². The molecule has 156 valence electrons. The first kappa shape index (κ1) is 21.4. The van der Waals surface area contributed by atoms with Crippen LogP contribution in [0.15, 0.2) is 83.8 Å². The molecule has 0 heterocycles. The van der Waals surface area contributed by atoms with Gasteiger partial charge in [-0.3, -0.25) is 9.52 Å². The molecule has 3 aromatic rings. The molecule has 0 aliphatic heterocycles. The largest absolute Gasteiger partial charge is 0.491 e. The lowest BCUT2D eigenvalue weighted by molar-refractivity contribution is 0.102. The predicted molar refractivity (Wildman–Crippen MR) is 118 cm³/mol. The van der Waals surface area contributed by atoms with Gasteiger partial charge in [0, 0.05) is 11.3 Å². The van der Waals surface area contributed by atoms with Crippen LogP contribution >= 0.6 is 0 Å². The van der Waals surface area contributed by atoms with E-state index in [0.717, 1.165) is 0 Å². The second kappa shape index (κ2) is 9.45. The molecule has 0 fully saturated rings. The fourth-order valence-electron chi connectivity index (χ4n) is 2.65. The van der Waals surface area contributed by atoms with Gasteiger partial charge < -0.3 is 10.1 Å². The number of anilines is 2. The maximum Gasteiger partial charge on any atom is 0.261 e. The molecule has 7 heteroatoms. The highest BCUT2D eigenvalue weighted by Crippen LogP contribution is 2.25. The van der Waals surface area contributed by atoms with Gasteiger partial charge in [-0.05, 0) is 54.4 Å². The van der Waals surface area contributed by atoms with Gasteiger partial charge in [0.25, 0.3) is 15.9 Å². The van der Waals surface area contributed by atoms with Gasteiger partial charge in [-0.15, -0.1) is 0 Å². The molecule has 0 aliphatic carbocycles. The highest BCUT2D eigenvalue weighted by Gasteiger charge is 2.14. The van der Waals surface area contributed by atoms with E-state index in [4.69, 9.17) is 4.74 Å². The van der Waals surface area contributed by atoms with Crippen LogP contribution in [0.25, 0.3) is 0 Å². The normalized spacial score (nSPS) is 11.2. The average Bonchev–Trinajstić information content (AvgIpc) is 2.74. The molecule has 30 heavy (non-hydrogen) atoms. The Morgan fingerprint density at radius 2 is 1.53 bits per heavy atom. The minimum atomic E-state index is -3.68. The zero-order valence-corrected chi connectivity index (χ0v) is 17.6. The standard InChI is InChI=1S/C23H24N2O4S/c1-17(2)16-29-22-11-7-6-10-21(22)24-23(26)18-12-14-19(15-13-18)25-30(27,28)20-8-4-3-5-9-20/h3-15,17,25H,16H2,1-2H3,(H,24,26). The highest BCUT2D eigenvalue weighted by molar-refractivity contribution is 7.92. The number of amides is 1. The molecule has 0 spiro atoms. The Bertz CT molecular complexity index is 1100. The molecule has 0 aromatic heterocycles. The summed E-state index contributed by atoms with van der Waals surface area (Å²) in [5.41, 5.74) is 1.35. The summed E-state index contributed by atoms with van der Waals surface area (Å²) in [7, 11) is -3.68. The molecule has 0 aliphatic rings. The third-order valence-electron chi connectivity index (χ3n) is 4.16. The number of rotatable bonds is 8. The smallest absolute Gasteiger partial charge is 0.261 e. The van der Waals surface area contributed by atoms with Crippen LogP contribution in [0.1, 0.15) is 24.2 Å². The molecule has 0 bridgehead atoms. The van der Waals surface area contributed by atoms with Crippen LogP contribution < -0.4 is 14.8 Å². The van der Waals surface area contributed by atoms with E-state index in [1.807, 2.05) is 12.1 Å². The van der Waals surface area contributed by atoms with Crippen LogP contribution in [-0.4, -0.2) is 20.9 Å². The number of para-hydroxylation sites is 2. The van der Waals surface area contributed by atoms with Crippen molar-refractivity contribution < 1.29 is 17.9 Å². The quantitative estimate of drug-likeness (QED) is 0.545. The Hall–Kier alpha value is -3.32. The maximum atomic E-state index is 12.6. The van der Waals surface area contributed by atoms with E-state index in [1.54, 1.807) is 54.6 Å². The van der Waals surface area contributed by atoms with Gasteiger partial charge in [0.2, 0.25) is 0 Å². The van der Waals surface area contributed by atoms with Crippen LogP contribution in [0.3, 0.4) is 0 Å². The van der Waals surface area contributed by atoms with E-state index in [9.17, 15) is 13.2 Å². The minimum absolute atomic E-state index is 0.171. The molecule has 3 rings (SSSR count). The number of benzene rings is 3. The van der Waals surface area contributed by atoms with Crippen LogP contribution in [0.2, 0.25) is 0 Å². The van der Waals surface area contributed by atoms with Crippen LogP contribution in [0, 0.1) is 5.92 Å². The van der Waals surface area contributed by atoms with Gasteiger partial charge in [-0.1, -0.05) is 44.2 Å². The first-order valence-electron chi connectivity index (χ1n) is 9.56. The molecule has 0 saturated heterocycles. The molecular weight excluding hydrogens is 400 g/mol. The van der Waals surface area contributed by atoms with E-state index in [-0.39, 0.29) is 10.8 Å². The first-order valence-corrected chi connectivity index (χ1v) is 11.0. The predicted octanol–water partition coefficient (Wildman–Crippen LogP) is 4.77. The molecule has 3 aromatic carbocycles. The molecule has 0 unspecified atom stereocenters. The van der Waals surface area contributed by atoms with Crippen molar-refractivity contribution in [2.24, 2.45) is 5.92 Å². The van der Waals surface area contributed by atoms with Gasteiger partial charge >= 0.3 is 0 Å². The Kier molecular flexibility index (Phi) is 6.74. The molecule has 1 amide bonds. The lowest BCUT2D eigenvalue weighted by Gasteiger charge is -2.14. The highest BCUT2D eigenvalue weighted by atomic mass is 32.2. The number of hydrogen-bond acceptors (Lipinski definition) is 4. The van der Waals surface area contributed by atoms with Crippen molar-refractivity contribution in [1.82, 2.24) is 0 Å². The lowest BCUT2D eigenvalue weighted by Crippen LogP contribution is -2.15. The summed E-state index contributed by atoms with van der Waals surface area (Å²) in [5.74, 6) is 0.654. The fourth-order valence-corrected chi connectivity index (χ4v) is 3.73. The van der Waals surface area contributed by atoms with E-state index in [1.165, 1.54) is 12.1 Å². The van der Waals surface area contributed by atoms with Crippen molar-refractivity contribution in [3.63, 3.8) is 0 Å². The maximum absolute atomic E-state index is 12.6. The lowest BCUT2D eigenvalue weighted by atomic mass is 10.2. The van der Waals surface area contributed by atoms with Gasteiger partial charge in [0.1, 0.15) is 5.75 Å². The third-order valence-corrected chi connectivity index (χ3v) is 5.56. The fraction of sp³-hybridized carbons (Fsp3) is 0.174. The number of sulfonamides is 1. The Labute approximate surface area is 177 Å². The Balaban J connectivity index is 1.69. The summed E-state index contributed by atoms with van der Waals surface area (Å²) in [6.45, 7) is 4.65. The number of ether oxygens (including phenoxy) is 1. The second-order valence-electron chi connectivity index (χ2n) is 7.15. The summed E-state index contributed by atoms with van der Waals surface area (Å²) >= 11 is 0. The zero-order chi connectivity index (χ0) is 21.6. The molecule has 6 nitrogen and oxygen atoms in total. The summed E-state index contributed by atoms with van der Waals surface area (Å²) in [6.07, 6.45) is 0. The molecule has 0 atom stereocenters. The first-order chi connectivity index (χ1) is 14.3. The number of hydrogen-bond donors (Lipinski definition) is 2. The monoisotopic (exact) mass is 424 g/mol. The van der Waals surface area contributed by atoms with Crippen molar-refractivity contribution in [3.05, 3.63) is 84.4 Å². The van der Waals surface area contributed by atoms with Gasteiger partial charge in [0.15, 0.2) is 0 Å². The van der Waals surface area contributed by atoms with Gasteiger partial charge in [-0.2, -0.15) is 0 Å². The number of carbonyl (C=O) groups is 1. The second-order valence-corrected chi connectivity index (χ2v) is 8.83. The number of nitrogens with one attached hydrogen (secondary N) is 2. The van der Waals surface area contributed by atoms with Crippen molar-refractivity contribution >= 4 is 27.3 Å². The van der Waals surface area contributed by atoms with Crippen molar-refractivity contribution in [2.45, 2.75) is 18.7 Å². The van der Waals surface area contributed by atoms with Crippen molar-refractivity contribution in [1.29, 1.82) is 0 Å². The van der Waals surface area contributed by atoms with Crippen LogP contribution in [-0.2, 0) is 10.0 Å². The number of carbonyl (C=O) groups excluding carboxylic acids is 1. The van der Waals surface area contributed by atoms with Gasteiger partial charge in [0.05, 0.1) is 17.2 Å². The van der Waals surface area contributed by atoms with E-state index in [2.05, 4.69) is 23.9 Å². The molecule has 0 radical (unpaired) electrons. The average molecular weight is 425 g/mol. The Morgan fingerprint density at radius 3 is 2.20 bits per heavy atom. The SMILES string of the molecule is CC(C)COc1ccccc1NC(=O)c1ccc(NS(=O)(=O)c2ccccc2)cc1. The van der Waals surface area contributed by atoms with Crippen LogP contribution in [0.5, 0.6) is 5.75 Å². The van der Waals surface area contributed by atoms with E-state index >= 15 is 0 Å². The van der Waals surface area contributed by atoms with E-state index in [0.29, 0.717) is 35.2 Å². The molecule has 2 N–H and O–H groups in total. The summed E-state index contributed by atoms with van der Waals surface area (Å²) in [6, 6.07) is 21.6. The van der Waals surface area contributed by atoms with Crippen molar-refractivity contribution in [3.8, 4) is 5.75 Å².